The summed E-state index contributed by atoms with van der Waals surface area (Å²) in [5.74, 6) is 0. The lowest BCUT2D eigenvalue weighted by atomic mass is 10.0. The highest BCUT2D eigenvalue weighted by Gasteiger charge is 2.25. The predicted octanol–water partition coefficient (Wildman–Crippen LogP) is 2.57. The molecule has 1 aromatic rings. The Kier molecular flexibility index (Phi) is 4.61. The Morgan fingerprint density at radius 3 is 2.67 bits per heavy atom. The fourth-order valence-electron chi connectivity index (χ4n) is 2.87. The molecule has 100 valence electrons. The van der Waals surface area contributed by atoms with Crippen LogP contribution in [0.15, 0.2) is 24.3 Å². The van der Waals surface area contributed by atoms with Gasteiger partial charge >= 0.3 is 0 Å². The molecule has 1 aliphatic rings. The number of hydrogen-bond donors (Lipinski definition) is 2. The maximum absolute atomic E-state index is 9.56. The predicted molar refractivity (Wildman–Crippen MR) is 75.3 cm³/mol. The molecule has 1 aromatic carbocycles. The van der Waals surface area contributed by atoms with Gasteiger partial charge in [0.05, 0.1) is 6.61 Å². The van der Waals surface area contributed by atoms with Gasteiger partial charge in [-0.2, -0.15) is 0 Å². The summed E-state index contributed by atoms with van der Waals surface area (Å²) in [7, 11) is 0. The normalized spacial score (nSPS) is 23.6. The highest BCUT2D eigenvalue weighted by atomic mass is 16.3. The van der Waals surface area contributed by atoms with Crippen molar-refractivity contribution in [3.05, 3.63) is 29.8 Å². The van der Waals surface area contributed by atoms with Crippen LogP contribution in [0.5, 0.6) is 0 Å². The van der Waals surface area contributed by atoms with Crippen LogP contribution in [0.4, 0.5) is 5.69 Å². The van der Waals surface area contributed by atoms with Crippen LogP contribution in [0.3, 0.4) is 0 Å². The van der Waals surface area contributed by atoms with E-state index in [0.717, 1.165) is 18.7 Å². The molecule has 0 saturated carbocycles. The van der Waals surface area contributed by atoms with E-state index in [4.69, 9.17) is 5.73 Å². The molecule has 2 rings (SSSR count). The summed E-state index contributed by atoms with van der Waals surface area (Å²) in [5, 5.41) is 9.56. The fraction of sp³-hybridized carbons (Fsp3) is 0.600. The van der Waals surface area contributed by atoms with Crippen LogP contribution in [-0.2, 0) is 0 Å². The lowest BCUT2D eigenvalue weighted by molar-refractivity contribution is 0.0911. The van der Waals surface area contributed by atoms with Crippen LogP contribution in [0.2, 0.25) is 0 Å². The van der Waals surface area contributed by atoms with Crippen molar-refractivity contribution in [2.45, 2.75) is 44.7 Å². The third-order valence-electron chi connectivity index (χ3n) is 4.05. The van der Waals surface area contributed by atoms with Crippen LogP contribution in [-0.4, -0.2) is 29.2 Å². The SMILES string of the molecule is CC(c1ccc(N)cc1)N1CCCCCC1CO. The van der Waals surface area contributed by atoms with Gasteiger partial charge in [0, 0.05) is 17.8 Å². The number of anilines is 1. The van der Waals surface area contributed by atoms with Crippen molar-refractivity contribution in [3.63, 3.8) is 0 Å². The van der Waals surface area contributed by atoms with E-state index >= 15 is 0 Å². The minimum atomic E-state index is 0.263. The summed E-state index contributed by atoms with van der Waals surface area (Å²) in [6, 6.07) is 8.76. The van der Waals surface area contributed by atoms with Crippen LogP contribution < -0.4 is 5.73 Å². The number of benzene rings is 1. The van der Waals surface area contributed by atoms with E-state index in [1.165, 1.54) is 24.8 Å². The van der Waals surface area contributed by atoms with Gasteiger partial charge in [-0.3, -0.25) is 4.90 Å². The van der Waals surface area contributed by atoms with E-state index in [2.05, 4.69) is 24.0 Å². The van der Waals surface area contributed by atoms with E-state index in [1.807, 2.05) is 12.1 Å². The minimum absolute atomic E-state index is 0.263. The van der Waals surface area contributed by atoms with Crippen molar-refractivity contribution in [1.82, 2.24) is 4.90 Å². The van der Waals surface area contributed by atoms with Crippen molar-refractivity contribution < 1.29 is 5.11 Å². The van der Waals surface area contributed by atoms with Crippen molar-refractivity contribution in [3.8, 4) is 0 Å². The molecular formula is C15H24N2O. The smallest absolute Gasteiger partial charge is 0.0587 e. The molecule has 0 aromatic heterocycles. The van der Waals surface area contributed by atoms with Crippen molar-refractivity contribution >= 4 is 5.69 Å². The highest BCUT2D eigenvalue weighted by Crippen LogP contribution is 2.27. The van der Waals surface area contributed by atoms with E-state index in [0.29, 0.717) is 12.1 Å². The number of aliphatic hydroxyl groups excluding tert-OH is 1. The van der Waals surface area contributed by atoms with E-state index < -0.39 is 0 Å². The molecule has 3 N–H and O–H groups in total. The molecule has 0 spiro atoms. The molecular weight excluding hydrogens is 224 g/mol. The monoisotopic (exact) mass is 248 g/mol. The Morgan fingerprint density at radius 1 is 1.28 bits per heavy atom. The minimum Gasteiger partial charge on any atom is -0.399 e. The summed E-state index contributed by atoms with van der Waals surface area (Å²) in [4.78, 5) is 2.44. The largest absolute Gasteiger partial charge is 0.399 e. The second kappa shape index (κ2) is 6.21. The first kappa shape index (κ1) is 13.4. The average Bonchev–Trinajstić information content (AvgIpc) is 2.63. The maximum Gasteiger partial charge on any atom is 0.0587 e. The lowest BCUT2D eigenvalue weighted by Crippen LogP contribution is -2.39. The standard InChI is InChI=1S/C15H24N2O/c1-12(13-6-8-14(16)9-7-13)17-10-4-2-3-5-15(17)11-18/h6-9,12,15,18H,2-5,10-11,16H2,1H3. The quantitative estimate of drug-likeness (QED) is 0.808. The first-order valence-corrected chi connectivity index (χ1v) is 6.94. The van der Waals surface area contributed by atoms with Gasteiger partial charge in [0.25, 0.3) is 0 Å². The molecule has 1 saturated heterocycles. The van der Waals surface area contributed by atoms with Crippen LogP contribution >= 0.6 is 0 Å². The molecule has 2 atom stereocenters. The number of rotatable bonds is 3. The Bertz CT molecular complexity index is 363. The van der Waals surface area contributed by atoms with Gasteiger partial charge < -0.3 is 10.8 Å². The Hall–Kier alpha value is -1.06. The summed E-state index contributed by atoms with van der Waals surface area (Å²) >= 11 is 0. The zero-order chi connectivity index (χ0) is 13.0. The highest BCUT2D eigenvalue weighted by molar-refractivity contribution is 5.40. The third kappa shape index (κ3) is 3.03. The number of nitrogens with two attached hydrogens (primary N) is 1. The lowest BCUT2D eigenvalue weighted by Gasteiger charge is -2.34. The summed E-state index contributed by atoms with van der Waals surface area (Å²) < 4.78 is 0. The Labute approximate surface area is 110 Å². The Morgan fingerprint density at radius 2 is 2.00 bits per heavy atom. The molecule has 3 heteroatoms. The summed E-state index contributed by atoms with van der Waals surface area (Å²) in [6.07, 6.45) is 4.85. The molecule has 0 aliphatic carbocycles. The number of aliphatic hydroxyl groups is 1. The third-order valence-corrected chi connectivity index (χ3v) is 4.05. The first-order valence-electron chi connectivity index (χ1n) is 6.94. The van der Waals surface area contributed by atoms with E-state index in [-0.39, 0.29) is 6.61 Å². The number of hydrogen-bond acceptors (Lipinski definition) is 3. The van der Waals surface area contributed by atoms with Gasteiger partial charge in [0.15, 0.2) is 0 Å². The second-order valence-electron chi connectivity index (χ2n) is 5.27. The first-order chi connectivity index (χ1) is 8.72. The fourth-order valence-corrected chi connectivity index (χ4v) is 2.87. The molecule has 1 heterocycles. The van der Waals surface area contributed by atoms with Gasteiger partial charge in [-0.25, -0.2) is 0 Å². The van der Waals surface area contributed by atoms with E-state index in [9.17, 15) is 5.11 Å². The zero-order valence-electron chi connectivity index (χ0n) is 11.2. The zero-order valence-corrected chi connectivity index (χ0v) is 11.2. The van der Waals surface area contributed by atoms with Crippen molar-refractivity contribution in [2.24, 2.45) is 0 Å². The molecule has 1 aliphatic heterocycles. The van der Waals surface area contributed by atoms with Crippen LogP contribution in [0, 0.1) is 0 Å². The van der Waals surface area contributed by atoms with Gasteiger partial charge in [0.1, 0.15) is 0 Å². The molecule has 2 unspecified atom stereocenters. The number of nitrogen functional groups attached to an aromatic ring is 1. The van der Waals surface area contributed by atoms with Crippen LogP contribution in [0.1, 0.15) is 44.2 Å². The van der Waals surface area contributed by atoms with Gasteiger partial charge in [-0.15, -0.1) is 0 Å². The summed E-state index contributed by atoms with van der Waals surface area (Å²) in [5.41, 5.74) is 7.82. The van der Waals surface area contributed by atoms with E-state index in [1.54, 1.807) is 0 Å². The van der Waals surface area contributed by atoms with Gasteiger partial charge in [-0.05, 0) is 44.0 Å². The van der Waals surface area contributed by atoms with Crippen molar-refractivity contribution in [1.29, 1.82) is 0 Å². The molecule has 0 amide bonds. The Balaban J connectivity index is 2.14. The number of likely N-dealkylation sites (tertiary alicyclic amines) is 1. The topological polar surface area (TPSA) is 49.5 Å². The molecule has 1 fully saturated rings. The van der Waals surface area contributed by atoms with Gasteiger partial charge in [-0.1, -0.05) is 25.0 Å². The summed E-state index contributed by atoms with van der Waals surface area (Å²) in [6.45, 7) is 3.57. The molecule has 0 radical (unpaired) electrons. The van der Waals surface area contributed by atoms with Gasteiger partial charge in [0.2, 0.25) is 0 Å². The van der Waals surface area contributed by atoms with Crippen LogP contribution in [0.25, 0.3) is 0 Å². The second-order valence-corrected chi connectivity index (χ2v) is 5.27. The average molecular weight is 248 g/mol. The molecule has 18 heavy (non-hydrogen) atoms. The maximum atomic E-state index is 9.56. The molecule has 0 bridgehead atoms. The van der Waals surface area contributed by atoms with Crippen molar-refractivity contribution in [2.75, 3.05) is 18.9 Å². The number of nitrogens with zero attached hydrogens (tertiary/aromatic N) is 1. The molecule has 3 nitrogen and oxygen atoms in total.